The number of nitrogens with zero attached hydrogens (tertiary/aromatic N) is 1. The number of likely N-dealkylation sites (N-methyl/N-ethyl adjacent to an activating group) is 1. The molecule has 1 aliphatic rings. The highest BCUT2D eigenvalue weighted by Crippen LogP contribution is 2.18. The highest BCUT2D eigenvalue weighted by atomic mass is 32.2. The third-order valence-electron chi connectivity index (χ3n) is 3.33. The first kappa shape index (κ1) is 14.3. The lowest BCUT2D eigenvalue weighted by Crippen LogP contribution is -2.43. The molecule has 1 aromatic heterocycles. The van der Waals surface area contributed by atoms with Gasteiger partial charge >= 0.3 is 0 Å². The highest BCUT2D eigenvalue weighted by Gasteiger charge is 2.39. The van der Waals surface area contributed by atoms with Crippen molar-refractivity contribution in [1.82, 2.24) is 4.90 Å². The summed E-state index contributed by atoms with van der Waals surface area (Å²) in [6.07, 6.45) is 4.57. The van der Waals surface area contributed by atoms with E-state index in [1.54, 1.807) is 6.26 Å². The monoisotopic (exact) mass is 285 g/mol. The number of sulfone groups is 1. The van der Waals surface area contributed by atoms with Gasteiger partial charge in [-0.2, -0.15) is 0 Å². The van der Waals surface area contributed by atoms with Crippen molar-refractivity contribution in [3.8, 4) is 0 Å². The van der Waals surface area contributed by atoms with E-state index in [9.17, 15) is 13.5 Å². The summed E-state index contributed by atoms with van der Waals surface area (Å²) < 4.78 is 28.2. The molecule has 1 N–H and O–H groups in total. The van der Waals surface area contributed by atoms with Crippen molar-refractivity contribution in [1.29, 1.82) is 0 Å². The van der Waals surface area contributed by atoms with E-state index < -0.39 is 15.9 Å². The van der Waals surface area contributed by atoms with Gasteiger partial charge in [-0.25, -0.2) is 8.42 Å². The SMILES string of the molecule is CCN(C/C=C/c1ccco1)[C@@H]1CS(=O)(=O)C[C@H]1O. The molecule has 2 atom stereocenters. The van der Waals surface area contributed by atoms with E-state index in [-0.39, 0.29) is 17.5 Å². The number of furan rings is 1. The van der Waals surface area contributed by atoms with Crippen molar-refractivity contribution in [3.05, 3.63) is 30.2 Å². The molecule has 5 nitrogen and oxygen atoms in total. The maximum atomic E-state index is 11.5. The molecule has 1 fully saturated rings. The second-order valence-corrected chi connectivity index (χ2v) is 6.87. The van der Waals surface area contributed by atoms with Gasteiger partial charge < -0.3 is 9.52 Å². The van der Waals surface area contributed by atoms with Crippen LogP contribution in [0.1, 0.15) is 12.7 Å². The zero-order valence-electron chi connectivity index (χ0n) is 10.9. The molecule has 0 aliphatic carbocycles. The minimum atomic E-state index is -3.10. The van der Waals surface area contributed by atoms with Crippen molar-refractivity contribution in [2.45, 2.75) is 19.1 Å². The minimum absolute atomic E-state index is 0.0383. The van der Waals surface area contributed by atoms with Crippen molar-refractivity contribution in [2.24, 2.45) is 0 Å². The molecule has 19 heavy (non-hydrogen) atoms. The Labute approximate surface area is 113 Å². The molecule has 0 bridgehead atoms. The fraction of sp³-hybridized carbons (Fsp3) is 0.538. The number of hydrogen-bond donors (Lipinski definition) is 1. The maximum absolute atomic E-state index is 11.5. The van der Waals surface area contributed by atoms with Crippen LogP contribution in [0.4, 0.5) is 0 Å². The minimum Gasteiger partial charge on any atom is -0.465 e. The first-order valence-corrected chi connectivity index (χ1v) is 8.16. The smallest absolute Gasteiger partial charge is 0.154 e. The molecule has 2 heterocycles. The Morgan fingerprint density at radius 3 is 2.84 bits per heavy atom. The van der Waals surface area contributed by atoms with Crippen LogP contribution in [0.2, 0.25) is 0 Å². The van der Waals surface area contributed by atoms with Crippen LogP contribution in [0.5, 0.6) is 0 Å². The van der Waals surface area contributed by atoms with Gasteiger partial charge in [-0.05, 0) is 24.8 Å². The Bertz CT molecular complexity index is 521. The molecule has 1 aromatic rings. The van der Waals surface area contributed by atoms with Crippen LogP contribution in [0, 0.1) is 0 Å². The summed E-state index contributed by atoms with van der Waals surface area (Å²) in [5, 5.41) is 9.85. The summed E-state index contributed by atoms with van der Waals surface area (Å²) in [6.45, 7) is 3.24. The third kappa shape index (κ3) is 3.68. The second kappa shape index (κ2) is 5.90. The number of rotatable bonds is 5. The van der Waals surface area contributed by atoms with Gasteiger partial charge in [0, 0.05) is 6.54 Å². The predicted molar refractivity (Wildman–Crippen MR) is 73.4 cm³/mol. The number of aliphatic hydroxyl groups excluding tert-OH is 1. The Morgan fingerprint density at radius 2 is 2.32 bits per heavy atom. The summed E-state index contributed by atoms with van der Waals surface area (Å²) in [6, 6.07) is 3.35. The molecule has 106 valence electrons. The lowest BCUT2D eigenvalue weighted by Gasteiger charge is -2.27. The van der Waals surface area contributed by atoms with Gasteiger partial charge in [-0.3, -0.25) is 4.90 Å². The second-order valence-electron chi connectivity index (χ2n) is 4.72. The number of aliphatic hydroxyl groups is 1. The molecule has 0 spiro atoms. The molecule has 0 amide bonds. The summed E-state index contributed by atoms with van der Waals surface area (Å²) in [7, 11) is -3.10. The molecule has 0 unspecified atom stereocenters. The molecule has 0 aromatic carbocycles. The van der Waals surface area contributed by atoms with E-state index in [1.165, 1.54) is 0 Å². The molecular weight excluding hydrogens is 266 g/mol. The largest absolute Gasteiger partial charge is 0.465 e. The summed E-state index contributed by atoms with van der Waals surface area (Å²) in [5.74, 6) is 0.669. The van der Waals surface area contributed by atoms with Gasteiger partial charge in [0.25, 0.3) is 0 Å². The van der Waals surface area contributed by atoms with E-state index in [2.05, 4.69) is 0 Å². The van der Waals surface area contributed by atoms with Gasteiger partial charge in [0.15, 0.2) is 9.84 Å². The van der Waals surface area contributed by atoms with Crippen molar-refractivity contribution in [2.75, 3.05) is 24.6 Å². The molecule has 1 aliphatic heterocycles. The van der Waals surface area contributed by atoms with Crippen LogP contribution in [0.25, 0.3) is 6.08 Å². The normalized spacial score (nSPS) is 26.5. The van der Waals surface area contributed by atoms with Crippen LogP contribution in [0.3, 0.4) is 0 Å². The Hall–Kier alpha value is -1.11. The van der Waals surface area contributed by atoms with Crippen molar-refractivity contribution >= 4 is 15.9 Å². The molecule has 6 heteroatoms. The van der Waals surface area contributed by atoms with E-state index in [0.717, 1.165) is 5.76 Å². The fourth-order valence-electron chi connectivity index (χ4n) is 2.35. The lowest BCUT2D eigenvalue weighted by molar-refractivity contribution is 0.0941. The van der Waals surface area contributed by atoms with Gasteiger partial charge in [0.2, 0.25) is 0 Å². The van der Waals surface area contributed by atoms with E-state index in [4.69, 9.17) is 4.42 Å². The summed E-state index contributed by atoms with van der Waals surface area (Å²) >= 11 is 0. The average molecular weight is 285 g/mol. The molecular formula is C13H19NO4S. The molecule has 1 saturated heterocycles. The molecule has 2 rings (SSSR count). The van der Waals surface area contributed by atoms with Crippen LogP contribution in [0.15, 0.2) is 28.9 Å². The van der Waals surface area contributed by atoms with Crippen LogP contribution in [-0.2, 0) is 9.84 Å². The van der Waals surface area contributed by atoms with Crippen molar-refractivity contribution in [3.63, 3.8) is 0 Å². The zero-order valence-corrected chi connectivity index (χ0v) is 11.7. The average Bonchev–Trinajstić information content (AvgIpc) is 2.93. The highest BCUT2D eigenvalue weighted by molar-refractivity contribution is 7.91. The van der Waals surface area contributed by atoms with Crippen LogP contribution >= 0.6 is 0 Å². The number of hydrogen-bond acceptors (Lipinski definition) is 5. The van der Waals surface area contributed by atoms with Gasteiger partial charge in [0.1, 0.15) is 5.76 Å². The molecule has 0 saturated carbocycles. The van der Waals surface area contributed by atoms with Crippen LogP contribution in [-0.4, -0.2) is 55.2 Å². The Kier molecular flexibility index (Phi) is 4.44. The standard InChI is InChI=1S/C13H19NO4S/c1-2-14(7-3-5-11-6-4-8-18-11)12-9-19(16,17)10-13(12)15/h3-6,8,12-13,15H,2,7,9-10H2,1H3/b5-3+/t12-,13-/m1/s1. The van der Waals surface area contributed by atoms with E-state index >= 15 is 0 Å². The first-order valence-electron chi connectivity index (χ1n) is 6.34. The van der Waals surface area contributed by atoms with Gasteiger partial charge in [-0.15, -0.1) is 0 Å². The van der Waals surface area contributed by atoms with E-state index in [0.29, 0.717) is 13.1 Å². The van der Waals surface area contributed by atoms with Gasteiger partial charge in [0.05, 0.1) is 29.9 Å². The quantitative estimate of drug-likeness (QED) is 0.865. The van der Waals surface area contributed by atoms with Crippen molar-refractivity contribution < 1.29 is 17.9 Å². The Balaban J connectivity index is 1.97. The fourth-order valence-corrected chi connectivity index (χ4v) is 4.18. The summed E-state index contributed by atoms with van der Waals surface area (Å²) in [4.78, 5) is 1.97. The maximum Gasteiger partial charge on any atom is 0.154 e. The predicted octanol–water partition coefficient (Wildman–Crippen LogP) is 0.773. The first-order chi connectivity index (χ1) is 9.02. The summed E-state index contributed by atoms with van der Waals surface area (Å²) in [5.41, 5.74) is 0. The van der Waals surface area contributed by atoms with Gasteiger partial charge in [-0.1, -0.05) is 13.0 Å². The lowest BCUT2D eigenvalue weighted by atomic mass is 10.2. The third-order valence-corrected chi connectivity index (χ3v) is 5.03. The topological polar surface area (TPSA) is 70.8 Å². The zero-order chi connectivity index (χ0) is 13.9. The van der Waals surface area contributed by atoms with E-state index in [1.807, 2.05) is 36.1 Å². The molecule has 0 radical (unpaired) electrons. The van der Waals surface area contributed by atoms with Crippen LogP contribution < -0.4 is 0 Å². The Morgan fingerprint density at radius 1 is 1.53 bits per heavy atom.